The SMILES string of the molecule is CC(O)C(C)(F)c1ccc(CC(Nc2ccc(NC3CC(C)(C)Oc4ccccc43)c(N)c2)=C2CCCC2)cc1. The number of anilines is 3. The highest BCUT2D eigenvalue weighted by atomic mass is 19.1. The molecule has 0 aromatic heterocycles. The summed E-state index contributed by atoms with van der Waals surface area (Å²) in [7, 11) is 0. The van der Waals surface area contributed by atoms with Crippen LogP contribution >= 0.6 is 0 Å². The monoisotopic (exact) mass is 543 g/mol. The topological polar surface area (TPSA) is 79.5 Å². The van der Waals surface area contributed by atoms with E-state index in [1.807, 2.05) is 42.5 Å². The summed E-state index contributed by atoms with van der Waals surface area (Å²) in [5.41, 5.74) is 12.4. The fourth-order valence-electron chi connectivity index (χ4n) is 5.82. The van der Waals surface area contributed by atoms with Gasteiger partial charge in [0.25, 0.3) is 0 Å². The number of rotatable bonds is 8. The summed E-state index contributed by atoms with van der Waals surface area (Å²) in [6, 6.07) is 21.9. The molecule has 5 rings (SSSR count). The molecule has 5 N–H and O–H groups in total. The first-order valence-electron chi connectivity index (χ1n) is 14.4. The standard InChI is InChI=1S/C34H42FN3O2/c1-22(39)34(4,35)25-15-13-23(14-16-25)19-30(24-9-5-6-10-24)37-26-17-18-29(28(36)20-26)38-31-21-33(2,3)40-32-12-8-7-11-27(31)32/h7-8,11-18,20,22,31,37-39H,5-6,9-10,19,21,36H2,1-4H3. The summed E-state index contributed by atoms with van der Waals surface area (Å²) in [5.74, 6) is 0.913. The molecule has 0 bridgehead atoms. The Hall–Kier alpha value is -3.51. The highest BCUT2D eigenvalue weighted by molar-refractivity contribution is 5.73. The first kappa shape index (κ1) is 28.0. The number of fused-ring (bicyclic) bond motifs is 1. The number of para-hydroxylation sites is 1. The van der Waals surface area contributed by atoms with Crippen molar-refractivity contribution in [1.82, 2.24) is 0 Å². The highest BCUT2D eigenvalue weighted by Gasteiger charge is 2.34. The number of aliphatic hydroxyl groups excluding tert-OH is 1. The van der Waals surface area contributed by atoms with E-state index in [9.17, 15) is 9.50 Å². The Balaban J connectivity index is 1.33. The van der Waals surface area contributed by atoms with Crippen LogP contribution in [-0.4, -0.2) is 16.8 Å². The molecule has 0 amide bonds. The maximum absolute atomic E-state index is 14.9. The Morgan fingerprint density at radius 1 is 1.10 bits per heavy atom. The van der Waals surface area contributed by atoms with Gasteiger partial charge < -0.3 is 26.2 Å². The van der Waals surface area contributed by atoms with Gasteiger partial charge in [-0.05, 0) is 88.8 Å². The second-order valence-corrected chi connectivity index (χ2v) is 12.1. The van der Waals surface area contributed by atoms with Crippen molar-refractivity contribution in [2.45, 2.75) is 89.6 Å². The van der Waals surface area contributed by atoms with Crippen LogP contribution in [0.5, 0.6) is 5.75 Å². The van der Waals surface area contributed by atoms with E-state index in [0.717, 1.165) is 53.9 Å². The summed E-state index contributed by atoms with van der Waals surface area (Å²) >= 11 is 0. The molecule has 3 atom stereocenters. The molecule has 6 heteroatoms. The van der Waals surface area contributed by atoms with Gasteiger partial charge in [0.1, 0.15) is 11.4 Å². The molecule has 212 valence electrons. The number of halogens is 1. The molecular formula is C34H42FN3O2. The molecule has 0 saturated heterocycles. The van der Waals surface area contributed by atoms with Crippen LogP contribution in [0, 0.1) is 0 Å². The van der Waals surface area contributed by atoms with Crippen molar-refractivity contribution >= 4 is 17.1 Å². The lowest BCUT2D eigenvalue weighted by molar-refractivity contribution is 0.0135. The largest absolute Gasteiger partial charge is 0.487 e. The number of hydrogen-bond acceptors (Lipinski definition) is 5. The molecule has 1 heterocycles. The number of aliphatic hydroxyl groups is 1. The van der Waals surface area contributed by atoms with Crippen LogP contribution in [0.2, 0.25) is 0 Å². The smallest absolute Gasteiger partial charge is 0.158 e. The molecular weight excluding hydrogens is 501 g/mol. The van der Waals surface area contributed by atoms with Gasteiger partial charge in [-0.2, -0.15) is 0 Å². The van der Waals surface area contributed by atoms with Crippen LogP contribution in [-0.2, 0) is 12.1 Å². The van der Waals surface area contributed by atoms with Crippen molar-refractivity contribution in [3.8, 4) is 5.75 Å². The Kier molecular flexibility index (Phi) is 7.83. The second kappa shape index (κ2) is 11.2. The fraction of sp³-hybridized carbons (Fsp3) is 0.412. The first-order chi connectivity index (χ1) is 19.0. The minimum atomic E-state index is -1.78. The summed E-state index contributed by atoms with van der Waals surface area (Å²) in [6.45, 7) is 7.13. The minimum absolute atomic E-state index is 0.0974. The highest BCUT2D eigenvalue weighted by Crippen LogP contribution is 2.42. The fourth-order valence-corrected chi connectivity index (χ4v) is 5.82. The maximum atomic E-state index is 14.9. The molecule has 3 unspecified atom stereocenters. The third-order valence-corrected chi connectivity index (χ3v) is 8.37. The number of nitrogens with one attached hydrogen (secondary N) is 2. The van der Waals surface area contributed by atoms with Crippen molar-refractivity contribution in [2.75, 3.05) is 16.4 Å². The average Bonchev–Trinajstić information content (AvgIpc) is 3.44. The summed E-state index contributed by atoms with van der Waals surface area (Å²) in [5, 5.41) is 17.2. The molecule has 0 spiro atoms. The quantitative estimate of drug-likeness (QED) is 0.216. The summed E-state index contributed by atoms with van der Waals surface area (Å²) in [6.07, 6.45) is 5.03. The van der Waals surface area contributed by atoms with Gasteiger partial charge >= 0.3 is 0 Å². The van der Waals surface area contributed by atoms with Gasteiger partial charge in [-0.3, -0.25) is 0 Å². The number of alkyl halides is 1. The number of ether oxygens (including phenoxy) is 1. The summed E-state index contributed by atoms with van der Waals surface area (Å²) < 4.78 is 21.1. The summed E-state index contributed by atoms with van der Waals surface area (Å²) in [4.78, 5) is 0. The Bertz CT molecular complexity index is 1370. The lowest BCUT2D eigenvalue weighted by atomic mass is 9.89. The van der Waals surface area contributed by atoms with E-state index in [0.29, 0.717) is 11.3 Å². The van der Waals surface area contributed by atoms with E-state index in [4.69, 9.17) is 10.5 Å². The van der Waals surface area contributed by atoms with Gasteiger partial charge in [0, 0.05) is 29.8 Å². The number of nitrogen functional groups attached to an aromatic ring is 1. The maximum Gasteiger partial charge on any atom is 0.158 e. The Morgan fingerprint density at radius 3 is 2.48 bits per heavy atom. The molecule has 0 radical (unpaired) electrons. The number of hydrogen-bond donors (Lipinski definition) is 4. The number of nitrogens with two attached hydrogens (primary N) is 1. The molecule has 2 aliphatic rings. The van der Waals surface area contributed by atoms with E-state index in [-0.39, 0.29) is 11.6 Å². The second-order valence-electron chi connectivity index (χ2n) is 12.1. The van der Waals surface area contributed by atoms with Crippen molar-refractivity contribution in [1.29, 1.82) is 0 Å². The zero-order valence-electron chi connectivity index (χ0n) is 24.1. The van der Waals surface area contributed by atoms with E-state index in [1.165, 1.54) is 38.0 Å². The van der Waals surface area contributed by atoms with Crippen LogP contribution in [0.4, 0.5) is 21.5 Å². The van der Waals surface area contributed by atoms with Gasteiger partial charge in [0.15, 0.2) is 5.67 Å². The van der Waals surface area contributed by atoms with E-state index < -0.39 is 11.8 Å². The normalized spacial score (nSPS) is 20.1. The van der Waals surface area contributed by atoms with Crippen LogP contribution in [0.15, 0.2) is 78.0 Å². The van der Waals surface area contributed by atoms with E-state index >= 15 is 0 Å². The molecule has 1 fully saturated rings. The average molecular weight is 544 g/mol. The van der Waals surface area contributed by atoms with Crippen molar-refractivity contribution in [2.24, 2.45) is 0 Å². The molecule has 1 aliphatic heterocycles. The van der Waals surface area contributed by atoms with Gasteiger partial charge in [-0.25, -0.2) is 4.39 Å². The zero-order valence-corrected chi connectivity index (χ0v) is 24.1. The van der Waals surface area contributed by atoms with E-state index in [2.05, 4.69) is 36.6 Å². The van der Waals surface area contributed by atoms with Gasteiger partial charge in [-0.1, -0.05) is 48.0 Å². The number of allylic oxidation sites excluding steroid dienone is 2. The molecule has 3 aromatic rings. The predicted octanol–water partition coefficient (Wildman–Crippen LogP) is 8.03. The van der Waals surface area contributed by atoms with Crippen molar-refractivity contribution < 1.29 is 14.2 Å². The van der Waals surface area contributed by atoms with Gasteiger partial charge in [0.2, 0.25) is 0 Å². The lowest BCUT2D eigenvalue weighted by Crippen LogP contribution is -2.37. The predicted molar refractivity (Wildman–Crippen MR) is 162 cm³/mol. The first-order valence-corrected chi connectivity index (χ1v) is 14.4. The van der Waals surface area contributed by atoms with Crippen LogP contribution < -0.4 is 21.1 Å². The van der Waals surface area contributed by atoms with Crippen LogP contribution in [0.1, 0.15) is 82.5 Å². The number of benzene rings is 3. The van der Waals surface area contributed by atoms with E-state index in [1.54, 1.807) is 12.1 Å². The van der Waals surface area contributed by atoms with Gasteiger partial charge in [0.05, 0.1) is 23.5 Å². The Labute approximate surface area is 237 Å². The third kappa shape index (κ3) is 6.12. The van der Waals surface area contributed by atoms with Gasteiger partial charge in [-0.15, -0.1) is 0 Å². The van der Waals surface area contributed by atoms with Crippen LogP contribution in [0.3, 0.4) is 0 Å². The molecule has 1 saturated carbocycles. The Morgan fingerprint density at radius 2 is 1.80 bits per heavy atom. The lowest BCUT2D eigenvalue weighted by Gasteiger charge is -2.38. The third-order valence-electron chi connectivity index (χ3n) is 8.37. The minimum Gasteiger partial charge on any atom is -0.487 e. The van der Waals surface area contributed by atoms with Crippen LogP contribution in [0.25, 0.3) is 0 Å². The molecule has 5 nitrogen and oxygen atoms in total. The zero-order chi connectivity index (χ0) is 28.5. The van der Waals surface area contributed by atoms with Crippen molar-refractivity contribution in [3.05, 3.63) is 94.7 Å². The molecule has 40 heavy (non-hydrogen) atoms. The molecule has 1 aliphatic carbocycles. The molecule has 3 aromatic carbocycles. The van der Waals surface area contributed by atoms with Crippen molar-refractivity contribution in [3.63, 3.8) is 0 Å².